The maximum atomic E-state index is 12.1. The Morgan fingerprint density at radius 3 is 2.33 bits per heavy atom. The molecule has 4 heteroatoms. The van der Waals surface area contributed by atoms with Gasteiger partial charge in [-0.2, -0.15) is 0 Å². The predicted molar refractivity (Wildman–Crippen MR) is 84.4 cm³/mol. The van der Waals surface area contributed by atoms with E-state index in [9.17, 15) is 9.59 Å². The van der Waals surface area contributed by atoms with E-state index >= 15 is 0 Å². The number of Topliss-reactive ketones (excluding diaryl/α,β-unsaturated/α-hetero) is 2. The lowest BCUT2D eigenvalue weighted by Crippen LogP contribution is -2.11. The van der Waals surface area contributed by atoms with Crippen LogP contribution in [0.1, 0.15) is 32.6 Å². The van der Waals surface area contributed by atoms with Crippen molar-refractivity contribution in [1.29, 1.82) is 0 Å². The van der Waals surface area contributed by atoms with Crippen molar-refractivity contribution in [3.63, 3.8) is 0 Å². The monoisotopic (exact) mass is 302 g/mol. The van der Waals surface area contributed by atoms with Gasteiger partial charge >= 0.3 is 0 Å². The molecule has 21 heavy (non-hydrogen) atoms. The van der Waals surface area contributed by atoms with Gasteiger partial charge in [0.1, 0.15) is 11.5 Å². The first kappa shape index (κ1) is 15.4. The van der Waals surface area contributed by atoms with Crippen LogP contribution in [0.3, 0.4) is 0 Å². The standard InChI is InChI=1S/C17H18O3S/c1-11(18)8-14-4-6-15(7-5-14)20-10-17(19)16-9-12(2)21-13(16)3/h4-7,9H,8,10H2,1-3H3. The zero-order valence-corrected chi connectivity index (χ0v) is 13.3. The van der Waals surface area contributed by atoms with E-state index in [-0.39, 0.29) is 18.2 Å². The number of ether oxygens (including phenoxy) is 1. The molecule has 0 aliphatic rings. The molecule has 0 amide bonds. The van der Waals surface area contributed by atoms with E-state index in [0.717, 1.165) is 20.9 Å². The van der Waals surface area contributed by atoms with Crippen LogP contribution in [0.4, 0.5) is 0 Å². The molecule has 1 heterocycles. The number of hydrogen-bond donors (Lipinski definition) is 0. The van der Waals surface area contributed by atoms with Gasteiger partial charge in [0, 0.05) is 21.7 Å². The van der Waals surface area contributed by atoms with Gasteiger partial charge in [0.05, 0.1) is 0 Å². The molecule has 0 aliphatic heterocycles. The fraction of sp³-hybridized carbons (Fsp3) is 0.294. The Balaban J connectivity index is 1.95. The molecule has 0 aliphatic carbocycles. The molecular weight excluding hydrogens is 284 g/mol. The van der Waals surface area contributed by atoms with Crippen LogP contribution < -0.4 is 4.74 Å². The number of ketones is 2. The van der Waals surface area contributed by atoms with Crippen LogP contribution in [0, 0.1) is 13.8 Å². The zero-order valence-electron chi connectivity index (χ0n) is 12.4. The molecule has 1 aromatic carbocycles. The average molecular weight is 302 g/mol. The lowest BCUT2D eigenvalue weighted by molar-refractivity contribution is -0.116. The summed E-state index contributed by atoms with van der Waals surface area (Å²) in [7, 11) is 0. The first-order valence-electron chi connectivity index (χ1n) is 6.77. The minimum atomic E-state index is -0.00957. The van der Waals surface area contributed by atoms with Gasteiger partial charge in [-0.3, -0.25) is 9.59 Å². The third kappa shape index (κ3) is 4.26. The van der Waals surface area contributed by atoms with Crippen LogP contribution in [-0.4, -0.2) is 18.2 Å². The molecule has 0 spiro atoms. The third-order valence-electron chi connectivity index (χ3n) is 3.09. The van der Waals surface area contributed by atoms with Crippen LogP contribution in [0.5, 0.6) is 5.75 Å². The Bertz CT molecular complexity index is 653. The molecule has 0 atom stereocenters. The summed E-state index contributed by atoms with van der Waals surface area (Å²) in [5, 5.41) is 0. The number of rotatable bonds is 6. The Hall–Kier alpha value is -1.94. The molecule has 2 rings (SSSR count). The molecule has 0 saturated carbocycles. The molecule has 0 fully saturated rings. The van der Waals surface area contributed by atoms with E-state index < -0.39 is 0 Å². The summed E-state index contributed by atoms with van der Waals surface area (Å²) in [5.41, 5.74) is 1.69. The highest BCUT2D eigenvalue weighted by Gasteiger charge is 2.12. The van der Waals surface area contributed by atoms with Crippen LogP contribution in [0.15, 0.2) is 30.3 Å². The topological polar surface area (TPSA) is 43.4 Å². The minimum absolute atomic E-state index is 0.00957. The first-order chi connectivity index (χ1) is 9.95. The summed E-state index contributed by atoms with van der Waals surface area (Å²) in [5.74, 6) is 0.757. The lowest BCUT2D eigenvalue weighted by atomic mass is 10.1. The van der Waals surface area contributed by atoms with E-state index in [0.29, 0.717) is 12.2 Å². The number of carbonyl (C=O) groups excluding carboxylic acids is 2. The minimum Gasteiger partial charge on any atom is -0.485 e. The van der Waals surface area contributed by atoms with Crippen LogP contribution in [0.25, 0.3) is 0 Å². The van der Waals surface area contributed by atoms with E-state index in [1.165, 1.54) is 0 Å². The van der Waals surface area contributed by atoms with Crippen molar-refractivity contribution >= 4 is 22.9 Å². The van der Waals surface area contributed by atoms with Crippen molar-refractivity contribution in [2.24, 2.45) is 0 Å². The molecule has 0 radical (unpaired) electrons. The Morgan fingerprint density at radius 2 is 1.81 bits per heavy atom. The van der Waals surface area contributed by atoms with Gasteiger partial charge < -0.3 is 4.74 Å². The molecule has 2 aromatic rings. The Morgan fingerprint density at radius 1 is 1.14 bits per heavy atom. The molecule has 0 N–H and O–H groups in total. The summed E-state index contributed by atoms with van der Waals surface area (Å²) >= 11 is 1.62. The van der Waals surface area contributed by atoms with Crippen molar-refractivity contribution in [2.75, 3.05) is 6.61 Å². The van der Waals surface area contributed by atoms with E-state index in [2.05, 4.69) is 0 Å². The average Bonchev–Trinajstić information content (AvgIpc) is 2.76. The Labute approximate surface area is 128 Å². The predicted octanol–water partition coefficient (Wildman–Crippen LogP) is 3.76. The van der Waals surface area contributed by atoms with Crippen molar-refractivity contribution in [1.82, 2.24) is 0 Å². The van der Waals surface area contributed by atoms with Gasteiger partial charge in [-0.15, -0.1) is 11.3 Å². The highest BCUT2D eigenvalue weighted by Crippen LogP contribution is 2.21. The molecule has 3 nitrogen and oxygen atoms in total. The SMILES string of the molecule is CC(=O)Cc1ccc(OCC(=O)c2cc(C)sc2C)cc1. The summed E-state index contributed by atoms with van der Waals surface area (Å²) in [6.45, 7) is 5.53. The number of aryl methyl sites for hydroxylation is 2. The third-order valence-corrected chi connectivity index (χ3v) is 4.05. The van der Waals surface area contributed by atoms with Gasteiger partial charge in [0.15, 0.2) is 6.61 Å². The van der Waals surface area contributed by atoms with Gasteiger partial charge in [0.25, 0.3) is 0 Å². The first-order valence-corrected chi connectivity index (χ1v) is 7.59. The van der Waals surface area contributed by atoms with E-state index in [1.54, 1.807) is 30.4 Å². The van der Waals surface area contributed by atoms with Crippen LogP contribution in [-0.2, 0) is 11.2 Å². The second kappa shape index (κ2) is 6.68. The molecular formula is C17H18O3S. The molecule has 0 unspecified atom stereocenters. The second-order valence-electron chi connectivity index (χ2n) is 5.06. The molecule has 1 aromatic heterocycles. The van der Waals surface area contributed by atoms with Gasteiger partial charge in [0.2, 0.25) is 5.78 Å². The molecule has 0 saturated heterocycles. The smallest absolute Gasteiger partial charge is 0.201 e. The highest BCUT2D eigenvalue weighted by atomic mass is 32.1. The quantitative estimate of drug-likeness (QED) is 0.763. The van der Waals surface area contributed by atoms with Crippen molar-refractivity contribution < 1.29 is 14.3 Å². The van der Waals surface area contributed by atoms with Gasteiger partial charge in [-0.05, 0) is 44.5 Å². The van der Waals surface area contributed by atoms with Crippen molar-refractivity contribution in [2.45, 2.75) is 27.2 Å². The maximum absolute atomic E-state index is 12.1. The van der Waals surface area contributed by atoms with Crippen LogP contribution >= 0.6 is 11.3 Å². The number of benzene rings is 1. The zero-order chi connectivity index (χ0) is 15.4. The van der Waals surface area contributed by atoms with Gasteiger partial charge in [-0.1, -0.05) is 12.1 Å². The van der Waals surface area contributed by atoms with Gasteiger partial charge in [-0.25, -0.2) is 0 Å². The fourth-order valence-electron chi connectivity index (χ4n) is 2.13. The summed E-state index contributed by atoms with van der Waals surface area (Å²) in [6, 6.07) is 9.18. The second-order valence-corrected chi connectivity index (χ2v) is 6.52. The lowest BCUT2D eigenvalue weighted by Gasteiger charge is -2.06. The maximum Gasteiger partial charge on any atom is 0.201 e. The van der Waals surface area contributed by atoms with Crippen molar-refractivity contribution in [3.05, 3.63) is 51.2 Å². The van der Waals surface area contributed by atoms with E-state index in [4.69, 9.17) is 4.74 Å². The largest absolute Gasteiger partial charge is 0.485 e. The summed E-state index contributed by atoms with van der Waals surface area (Å²) in [6.07, 6.45) is 0.423. The fourth-order valence-corrected chi connectivity index (χ4v) is 3.07. The highest BCUT2D eigenvalue weighted by molar-refractivity contribution is 7.12. The molecule has 0 bridgehead atoms. The Kier molecular flexibility index (Phi) is 4.91. The summed E-state index contributed by atoms with van der Waals surface area (Å²) < 4.78 is 5.52. The normalized spacial score (nSPS) is 10.4. The number of thiophene rings is 1. The van der Waals surface area contributed by atoms with E-state index in [1.807, 2.05) is 32.0 Å². The van der Waals surface area contributed by atoms with Crippen molar-refractivity contribution in [3.8, 4) is 5.75 Å². The van der Waals surface area contributed by atoms with Crippen LogP contribution in [0.2, 0.25) is 0 Å². The number of hydrogen-bond acceptors (Lipinski definition) is 4. The molecule has 110 valence electrons. The summed E-state index contributed by atoms with van der Waals surface area (Å²) in [4.78, 5) is 25.3. The number of carbonyl (C=O) groups is 2.